The van der Waals surface area contributed by atoms with Gasteiger partial charge >= 0.3 is 52.5 Å². The second kappa shape index (κ2) is 25.8. The van der Waals surface area contributed by atoms with Gasteiger partial charge in [0.2, 0.25) is 0 Å². The summed E-state index contributed by atoms with van der Waals surface area (Å²) in [6.07, 6.45) is 2.77. The standard InChI is InChI=1S/C19H33N3O8Si.C13H17N3O5.C6H16O3Si/c1-4-28-31(29-5-2,30-6-3)10-8-7-9-20-17(23)21(11-15-13-26-15)19(25)22(18(20)24)12-16-14-27-16;1-2-3-4-14-11(17)15(5-9-7-20-9)13(19)16(12(14)18)6-10-8-21-10;1-4-7-10(8-5-2)9-6-3/h15-16H,4-14H2,1-3H3;2,9-10H,1,3-8H2;10H,4-6H2,1-3H3. The fourth-order valence-corrected chi connectivity index (χ4v) is 10.1. The van der Waals surface area contributed by atoms with E-state index in [1.165, 1.54) is 0 Å². The summed E-state index contributed by atoms with van der Waals surface area (Å²) in [4.78, 5) is 75.5. The maximum Gasteiger partial charge on any atom is 0.500 e. The molecule has 4 fully saturated rings. The van der Waals surface area contributed by atoms with E-state index in [0.717, 1.165) is 27.4 Å². The summed E-state index contributed by atoms with van der Waals surface area (Å²) >= 11 is 0. The lowest BCUT2D eigenvalue weighted by molar-refractivity contribution is 0.0705. The second-order valence-corrected chi connectivity index (χ2v) is 18.7. The largest absolute Gasteiger partial charge is 0.500 e. The molecule has 0 aromatic carbocycles. The van der Waals surface area contributed by atoms with Gasteiger partial charge in [0.1, 0.15) is 0 Å². The van der Waals surface area contributed by atoms with Gasteiger partial charge < -0.3 is 45.5 Å². The van der Waals surface area contributed by atoms with Gasteiger partial charge in [0.15, 0.2) is 0 Å². The minimum Gasteiger partial charge on any atom is -0.376 e. The first kappa shape index (κ1) is 51.2. The van der Waals surface area contributed by atoms with Gasteiger partial charge in [-0.15, -0.1) is 6.58 Å². The predicted molar refractivity (Wildman–Crippen MR) is 229 cm³/mol. The molecule has 22 nitrogen and oxygen atoms in total. The molecule has 0 bridgehead atoms. The highest BCUT2D eigenvalue weighted by molar-refractivity contribution is 6.60. The molecule has 4 saturated heterocycles. The third-order valence-electron chi connectivity index (χ3n) is 9.60. The van der Waals surface area contributed by atoms with Gasteiger partial charge in [-0.2, -0.15) is 0 Å². The normalized spacial score (nSPS) is 19.7. The minimum absolute atomic E-state index is 0.119. The Hall–Kier alpha value is -3.41. The summed E-state index contributed by atoms with van der Waals surface area (Å²) in [6.45, 7) is 21.8. The van der Waals surface area contributed by atoms with E-state index in [1.807, 2.05) is 41.5 Å². The lowest BCUT2D eigenvalue weighted by Crippen LogP contribution is -2.55. The van der Waals surface area contributed by atoms with E-state index in [9.17, 15) is 28.8 Å². The monoisotopic (exact) mass is 918 g/mol. The predicted octanol–water partition coefficient (Wildman–Crippen LogP) is -0.844. The average molecular weight is 919 g/mol. The van der Waals surface area contributed by atoms with Crippen molar-refractivity contribution in [1.82, 2.24) is 27.4 Å². The molecular weight excluding hydrogens is 853 g/mol. The van der Waals surface area contributed by atoms with Crippen molar-refractivity contribution in [3.05, 3.63) is 75.6 Å². The van der Waals surface area contributed by atoms with E-state index in [1.54, 1.807) is 6.08 Å². The molecule has 0 radical (unpaired) electrons. The van der Waals surface area contributed by atoms with E-state index >= 15 is 0 Å². The van der Waals surface area contributed by atoms with Gasteiger partial charge in [0.25, 0.3) is 0 Å². The Labute approximate surface area is 362 Å². The van der Waals surface area contributed by atoms with Gasteiger partial charge in [-0.1, -0.05) is 6.08 Å². The molecule has 0 saturated carbocycles. The van der Waals surface area contributed by atoms with Crippen LogP contribution in [0.2, 0.25) is 6.04 Å². The highest BCUT2D eigenvalue weighted by Crippen LogP contribution is 2.19. The van der Waals surface area contributed by atoms with E-state index in [0.29, 0.717) is 91.4 Å². The zero-order chi connectivity index (χ0) is 45.2. The zero-order valence-corrected chi connectivity index (χ0v) is 39.2. The van der Waals surface area contributed by atoms with Gasteiger partial charge in [-0.05, 0) is 60.8 Å². The molecule has 2 aromatic heterocycles. The summed E-state index contributed by atoms with van der Waals surface area (Å²) in [7, 11) is -4.51. The molecule has 352 valence electrons. The van der Waals surface area contributed by atoms with Gasteiger partial charge in [-0.3, -0.25) is 0 Å². The van der Waals surface area contributed by atoms with Crippen LogP contribution in [-0.2, 0) is 84.8 Å². The molecule has 4 aliphatic heterocycles. The summed E-state index contributed by atoms with van der Waals surface area (Å²) in [6, 6.07) is 0.594. The number of allylic oxidation sites excluding steroid dienone is 1. The van der Waals surface area contributed by atoms with Crippen LogP contribution in [0.5, 0.6) is 0 Å². The van der Waals surface area contributed by atoms with Crippen LogP contribution < -0.4 is 34.1 Å². The Balaban J connectivity index is 0.000000234. The number of rotatable bonds is 28. The van der Waals surface area contributed by atoms with Crippen LogP contribution in [0.15, 0.2) is 41.4 Å². The number of unbranched alkanes of at least 4 members (excludes halogenated alkanes) is 1. The molecule has 6 rings (SSSR count). The molecule has 62 heavy (non-hydrogen) atoms. The van der Waals surface area contributed by atoms with E-state index in [2.05, 4.69) is 6.58 Å². The van der Waals surface area contributed by atoms with Crippen molar-refractivity contribution in [2.24, 2.45) is 0 Å². The molecule has 4 unspecified atom stereocenters. The van der Waals surface area contributed by atoms with Crippen LogP contribution in [0.3, 0.4) is 0 Å². The quantitative estimate of drug-likeness (QED) is 0.0438. The van der Waals surface area contributed by atoms with Crippen molar-refractivity contribution >= 4 is 18.3 Å². The number of hydrogen-bond donors (Lipinski definition) is 0. The van der Waals surface area contributed by atoms with Crippen molar-refractivity contribution in [2.75, 3.05) is 66.1 Å². The maximum atomic E-state index is 12.9. The Morgan fingerprint density at radius 2 is 0.823 bits per heavy atom. The minimum atomic E-state index is -2.78. The molecule has 0 aliphatic carbocycles. The van der Waals surface area contributed by atoms with Crippen molar-refractivity contribution in [3.8, 4) is 0 Å². The van der Waals surface area contributed by atoms with Crippen LogP contribution in [0.4, 0.5) is 0 Å². The van der Waals surface area contributed by atoms with E-state index < -0.39 is 52.5 Å². The van der Waals surface area contributed by atoms with Crippen molar-refractivity contribution in [3.63, 3.8) is 0 Å². The molecule has 0 spiro atoms. The Morgan fingerprint density at radius 1 is 0.516 bits per heavy atom. The number of hydrogen-bond acceptors (Lipinski definition) is 16. The van der Waals surface area contributed by atoms with Crippen LogP contribution >= 0.6 is 0 Å². The van der Waals surface area contributed by atoms with Crippen LogP contribution in [0, 0.1) is 0 Å². The van der Waals surface area contributed by atoms with Crippen molar-refractivity contribution in [1.29, 1.82) is 0 Å². The molecule has 4 aliphatic rings. The molecule has 24 heteroatoms. The Bertz CT molecular complexity index is 1930. The number of epoxide rings is 4. The summed E-state index contributed by atoms with van der Waals surface area (Å²) in [5, 5.41) is 0. The first-order chi connectivity index (χ1) is 29.9. The number of aromatic nitrogens is 6. The molecule has 6 heterocycles. The number of nitrogens with zero attached hydrogens (tertiary/aromatic N) is 6. The van der Waals surface area contributed by atoms with Crippen LogP contribution in [0.1, 0.15) is 60.8 Å². The van der Waals surface area contributed by atoms with Crippen molar-refractivity contribution < 1.29 is 45.5 Å². The molecule has 0 amide bonds. The lowest BCUT2D eigenvalue weighted by Gasteiger charge is -2.28. The van der Waals surface area contributed by atoms with Crippen molar-refractivity contribution in [2.45, 2.75) is 131 Å². The van der Waals surface area contributed by atoms with Gasteiger partial charge in [-0.25, -0.2) is 56.2 Å². The maximum absolute atomic E-state index is 12.9. The third-order valence-corrected chi connectivity index (χ3v) is 14.6. The van der Waals surface area contributed by atoms with Crippen LogP contribution in [-0.4, -0.2) is 136 Å². The van der Waals surface area contributed by atoms with Gasteiger partial charge in [0, 0.05) is 58.8 Å². The molecular formula is C38H66N6O16Si2. The molecule has 0 N–H and O–H groups in total. The molecule has 2 aromatic rings. The smallest absolute Gasteiger partial charge is 0.376 e. The fourth-order valence-electron chi connectivity index (χ4n) is 6.27. The summed E-state index contributed by atoms with van der Waals surface area (Å²) < 4.78 is 60.3. The van der Waals surface area contributed by atoms with Gasteiger partial charge in [0.05, 0.1) is 77.0 Å². The fraction of sp³-hybridized carbons (Fsp3) is 0.789. The second-order valence-electron chi connectivity index (χ2n) is 14.4. The molecule has 4 atom stereocenters. The number of ether oxygens (including phenoxy) is 4. The zero-order valence-electron chi connectivity index (χ0n) is 37.0. The summed E-state index contributed by atoms with van der Waals surface area (Å²) in [5.41, 5.74) is -3.56. The Kier molecular flexibility index (Phi) is 21.3. The topological polar surface area (TPSA) is 238 Å². The van der Waals surface area contributed by atoms with E-state index in [-0.39, 0.29) is 63.7 Å². The first-order valence-corrected chi connectivity index (χ1v) is 25.0. The lowest BCUT2D eigenvalue weighted by atomic mass is 10.3. The highest BCUT2D eigenvalue weighted by atomic mass is 28.4. The van der Waals surface area contributed by atoms with E-state index in [4.69, 9.17) is 45.5 Å². The highest BCUT2D eigenvalue weighted by Gasteiger charge is 2.39. The third kappa shape index (κ3) is 15.7. The SMILES string of the molecule is C=CCCn1c(=O)n(CC2CO2)c(=O)n(CC2CO2)c1=O.CCO[SiH](OCC)OCC.CCO[Si](CCCCn1c(=O)n(CC2CO2)c(=O)n(CC2CO2)c1=O)(OCC)OCC. The summed E-state index contributed by atoms with van der Waals surface area (Å²) in [5.74, 6) is 0. The first-order valence-electron chi connectivity index (χ1n) is 21.6. The van der Waals surface area contributed by atoms with Crippen LogP contribution in [0.25, 0.3) is 0 Å². The Morgan fingerprint density at radius 3 is 1.10 bits per heavy atom. The average Bonchev–Trinajstić information content (AvgIpc) is 4.04.